The van der Waals surface area contributed by atoms with Gasteiger partial charge in [0.25, 0.3) is 11.8 Å². The summed E-state index contributed by atoms with van der Waals surface area (Å²) in [7, 11) is 0. The molecule has 0 unspecified atom stereocenters. The minimum atomic E-state index is -0.385. The Balaban J connectivity index is 1.50. The molecule has 0 bridgehead atoms. The number of primary amides is 1. The van der Waals surface area contributed by atoms with Gasteiger partial charge in [-0.05, 0) is 62.0 Å². The van der Waals surface area contributed by atoms with Crippen LogP contribution in [0, 0.1) is 0 Å². The number of carbonyl (C=O) groups is 2. The number of likely N-dealkylation sites (tertiary alicyclic amines) is 1. The van der Waals surface area contributed by atoms with Crippen molar-refractivity contribution in [2.75, 3.05) is 6.54 Å². The van der Waals surface area contributed by atoms with Gasteiger partial charge >= 0.3 is 0 Å². The van der Waals surface area contributed by atoms with Crippen LogP contribution in [-0.2, 0) is 19.3 Å². The lowest BCUT2D eigenvalue weighted by atomic mass is 9.94. The highest BCUT2D eigenvalue weighted by atomic mass is 32.1. The van der Waals surface area contributed by atoms with Crippen LogP contribution in [0.15, 0.2) is 24.3 Å². The molecule has 1 atom stereocenters. The Morgan fingerprint density at radius 1 is 1.13 bits per heavy atom. The number of benzene rings is 1. The van der Waals surface area contributed by atoms with Crippen molar-refractivity contribution in [3.8, 4) is 0 Å². The fourth-order valence-electron chi connectivity index (χ4n) is 5.19. The molecule has 162 valence electrons. The third kappa shape index (κ3) is 3.76. The molecule has 0 spiro atoms. The van der Waals surface area contributed by atoms with E-state index in [4.69, 9.17) is 5.73 Å². The third-order valence-electron chi connectivity index (χ3n) is 6.76. The minimum Gasteiger partial charge on any atom is -0.365 e. The van der Waals surface area contributed by atoms with Crippen LogP contribution in [0.5, 0.6) is 0 Å². The number of nitrogens with two attached hydrogens (primary N) is 1. The predicted molar refractivity (Wildman–Crippen MR) is 123 cm³/mol. The number of aromatic nitrogens is 2. The quantitative estimate of drug-likeness (QED) is 0.641. The summed E-state index contributed by atoms with van der Waals surface area (Å²) in [6.45, 7) is 0.735. The maximum Gasteiger partial charge on any atom is 0.274 e. The van der Waals surface area contributed by atoms with Crippen LogP contribution in [-0.4, -0.2) is 39.5 Å². The fraction of sp³-hybridized carbons (Fsp3) is 0.458. The second-order valence-corrected chi connectivity index (χ2v) is 9.76. The number of aryl methyl sites for hydroxylation is 1. The molecule has 31 heavy (non-hydrogen) atoms. The number of fused-ring (bicyclic) bond motifs is 2. The van der Waals surface area contributed by atoms with Crippen molar-refractivity contribution in [3.63, 3.8) is 0 Å². The SMILES string of the molecule is NC(=O)c1sc2ccccc2c1C[C@@H]1CCCCCN1C(=O)c1n[nH]c2c1CCCC2. The van der Waals surface area contributed by atoms with Gasteiger partial charge in [0.2, 0.25) is 0 Å². The molecule has 1 aromatic carbocycles. The summed E-state index contributed by atoms with van der Waals surface area (Å²) in [6, 6.07) is 8.11. The monoisotopic (exact) mass is 436 g/mol. The molecule has 2 aliphatic rings. The molecule has 3 aromatic rings. The third-order valence-corrected chi connectivity index (χ3v) is 7.99. The number of hydrogen-bond donors (Lipinski definition) is 2. The molecule has 2 amide bonds. The number of aromatic amines is 1. The average Bonchev–Trinajstić information content (AvgIpc) is 3.29. The van der Waals surface area contributed by atoms with E-state index in [0.29, 0.717) is 17.0 Å². The van der Waals surface area contributed by atoms with Gasteiger partial charge in [-0.3, -0.25) is 14.7 Å². The number of thiophene rings is 1. The minimum absolute atomic E-state index is 0.0338. The van der Waals surface area contributed by atoms with Gasteiger partial charge in [0.05, 0.1) is 4.88 Å². The number of nitrogens with one attached hydrogen (secondary N) is 1. The first-order valence-electron chi connectivity index (χ1n) is 11.3. The molecule has 6 nitrogen and oxygen atoms in total. The summed E-state index contributed by atoms with van der Waals surface area (Å²) in [4.78, 5) is 28.5. The molecule has 1 aliphatic carbocycles. The zero-order chi connectivity index (χ0) is 21.4. The van der Waals surface area contributed by atoms with E-state index in [1.165, 1.54) is 11.3 Å². The van der Waals surface area contributed by atoms with Gasteiger partial charge in [-0.2, -0.15) is 5.10 Å². The van der Waals surface area contributed by atoms with Gasteiger partial charge in [0, 0.05) is 28.5 Å². The summed E-state index contributed by atoms with van der Waals surface area (Å²) in [6.07, 6.45) is 8.94. The van der Waals surface area contributed by atoms with Crippen molar-refractivity contribution in [3.05, 3.63) is 51.7 Å². The maximum absolute atomic E-state index is 13.7. The molecule has 1 fully saturated rings. The Kier molecular flexibility index (Phi) is 5.52. The molecule has 2 aromatic heterocycles. The summed E-state index contributed by atoms with van der Waals surface area (Å²) in [5.74, 6) is -0.351. The Hall–Kier alpha value is -2.67. The van der Waals surface area contributed by atoms with Crippen LogP contribution in [0.4, 0.5) is 0 Å². The molecule has 0 radical (unpaired) electrons. The van der Waals surface area contributed by atoms with Crippen LogP contribution < -0.4 is 5.73 Å². The van der Waals surface area contributed by atoms with Crippen molar-refractivity contribution in [2.24, 2.45) is 5.73 Å². The molecule has 3 heterocycles. The highest BCUT2D eigenvalue weighted by molar-refractivity contribution is 7.21. The van der Waals surface area contributed by atoms with E-state index >= 15 is 0 Å². The molecule has 3 N–H and O–H groups in total. The lowest BCUT2D eigenvalue weighted by Gasteiger charge is -2.30. The van der Waals surface area contributed by atoms with E-state index < -0.39 is 0 Å². The summed E-state index contributed by atoms with van der Waals surface area (Å²) >= 11 is 1.46. The standard InChI is InChI=1S/C24H28N4O2S/c25-23(29)22-18(16-9-4-6-12-20(16)31-22)14-15-8-2-1-7-13-28(15)24(30)21-17-10-3-5-11-19(17)26-27-21/h4,6,9,12,15H,1-3,5,7-8,10-11,13-14H2,(H2,25,29)(H,26,27)/t15-/m0/s1. The van der Waals surface area contributed by atoms with E-state index in [9.17, 15) is 9.59 Å². The fourth-order valence-corrected chi connectivity index (χ4v) is 6.27. The topological polar surface area (TPSA) is 92.1 Å². The molecule has 1 aliphatic heterocycles. The zero-order valence-corrected chi connectivity index (χ0v) is 18.5. The summed E-state index contributed by atoms with van der Waals surface area (Å²) < 4.78 is 1.07. The van der Waals surface area contributed by atoms with Crippen LogP contribution in [0.2, 0.25) is 0 Å². The number of carbonyl (C=O) groups excluding carboxylic acids is 2. The van der Waals surface area contributed by atoms with Crippen molar-refractivity contribution in [2.45, 2.75) is 63.8 Å². The lowest BCUT2D eigenvalue weighted by molar-refractivity contribution is 0.0675. The van der Waals surface area contributed by atoms with E-state index in [-0.39, 0.29) is 17.9 Å². The Labute approximate surface area is 185 Å². The van der Waals surface area contributed by atoms with Crippen molar-refractivity contribution < 1.29 is 9.59 Å². The van der Waals surface area contributed by atoms with Gasteiger partial charge < -0.3 is 10.6 Å². The van der Waals surface area contributed by atoms with Gasteiger partial charge in [-0.25, -0.2) is 0 Å². The number of nitrogens with zero attached hydrogens (tertiary/aromatic N) is 2. The van der Waals surface area contributed by atoms with Gasteiger partial charge in [-0.1, -0.05) is 31.0 Å². The van der Waals surface area contributed by atoms with E-state index in [1.807, 2.05) is 23.1 Å². The second-order valence-electron chi connectivity index (χ2n) is 8.71. The van der Waals surface area contributed by atoms with Crippen molar-refractivity contribution >= 4 is 33.2 Å². The molecular formula is C24H28N4O2S. The summed E-state index contributed by atoms with van der Waals surface area (Å²) in [5, 5.41) is 8.63. The average molecular weight is 437 g/mol. The molecule has 0 saturated carbocycles. The van der Waals surface area contributed by atoms with Gasteiger partial charge in [-0.15, -0.1) is 11.3 Å². The first-order valence-corrected chi connectivity index (χ1v) is 12.1. The molecule has 7 heteroatoms. The predicted octanol–water partition coefficient (Wildman–Crippen LogP) is 4.23. The number of hydrogen-bond acceptors (Lipinski definition) is 4. The van der Waals surface area contributed by atoms with Gasteiger partial charge in [0.1, 0.15) is 0 Å². The summed E-state index contributed by atoms with van der Waals surface area (Å²) in [5.41, 5.74) is 9.57. The van der Waals surface area contributed by atoms with Crippen LogP contribution in [0.3, 0.4) is 0 Å². The smallest absolute Gasteiger partial charge is 0.274 e. The van der Waals surface area contributed by atoms with E-state index in [0.717, 1.165) is 84.8 Å². The molecular weight excluding hydrogens is 408 g/mol. The first kappa shape index (κ1) is 20.2. The van der Waals surface area contributed by atoms with Crippen LogP contribution >= 0.6 is 11.3 Å². The van der Waals surface area contributed by atoms with E-state index in [2.05, 4.69) is 16.3 Å². The Morgan fingerprint density at radius 2 is 1.97 bits per heavy atom. The highest BCUT2D eigenvalue weighted by Gasteiger charge is 2.32. The lowest BCUT2D eigenvalue weighted by Crippen LogP contribution is -2.42. The van der Waals surface area contributed by atoms with Crippen molar-refractivity contribution in [1.29, 1.82) is 0 Å². The highest BCUT2D eigenvalue weighted by Crippen LogP contribution is 2.34. The first-order chi connectivity index (χ1) is 15.1. The molecule has 1 saturated heterocycles. The van der Waals surface area contributed by atoms with E-state index in [1.54, 1.807) is 0 Å². The second kappa shape index (κ2) is 8.46. The number of rotatable bonds is 4. The largest absolute Gasteiger partial charge is 0.365 e. The van der Waals surface area contributed by atoms with Crippen LogP contribution in [0.1, 0.15) is 75.5 Å². The normalized spacial score (nSPS) is 19.2. The Morgan fingerprint density at radius 3 is 2.84 bits per heavy atom. The number of amides is 2. The maximum atomic E-state index is 13.7. The van der Waals surface area contributed by atoms with Crippen molar-refractivity contribution in [1.82, 2.24) is 15.1 Å². The number of H-pyrrole nitrogens is 1. The van der Waals surface area contributed by atoms with Crippen LogP contribution in [0.25, 0.3) is 10.1 Å². The van der Waals surface area contributed by atoms with Gasteiger partial charge in [0.15, 0.2) is 5.69 Å². The molecule has 5 rings (SSSR count). The zero-order valence-electron chi connectivity index (χ0n) is 17.7. The Bertz CT molecular complexity index is 1130.